The zero-order valence-electron chi connectivity index (χ0n) is 23.0. The van der Waals surface area contributed by atoms with Crippen LogP contribution >= 0.6 is 0 Å². The standard InChI is InChI=1S/C4H10O4S.C4H10O.C2H6O2.8C2H4/c1-4(2,3)8-9(5,6)7;1-3-5-4-2;3-1-2-4;8*1-2/h1-3H3,(H,5,6,7);3-4H2,1-2H3;3-4H,1-2H2;8*1-2H2. The molecule has 0 radical (unpaired) electrons. The minimum absolute atomic E-state index is 0.125. The predicted octanol–water partition coefficient (Wildman–Crippen LogP) is 7.04. The van der Waals surface area contributed by atoms with Gasteiger partial charge in [-0.1, -0.05) is 0 Å². The first-order valence-electron chi connectivity index (χ1n) is 9.51. The van der Waals surface area contributed by atoms with E-state index in [-0.39, 0.29) is 13.2 Å². The van der Waals surface area contributed by atoms with Crippen molar-refractivity contribution >= 4 is 10.4 Å². The van der Waals surface area contributed by atoms with Crippen LogP contribution < -0.4 is 0 Å². The number of aliphatic hydroxyl groups is 2. The molecule has 0 rings (SSSR count). The van der Waals surface area contributed by atoms with Gasteiger partial charge in [-0.15, -0.1) is 105 Å². The SMILES string of the molecule is C=C.C=C.C=C.C=C.C=C.C=C.C=C.C=C.CC(C)(C)OS(=O)(=O)O.CCOCC.OCCO. The van der Waals surface area contributed by atoms with E-state index in [1.165, 1.54) is 20.8 Å². The van der Waals surface area contributed by atoms with Crippen molar-refractivity contribution in [3.63, 3.8) is 0 Å². The van der Waals surface area contributed by atoms with Crippen molar-refractivity contribution in [1.82, 2.24) is 0 Å². The summed E-state index contributed by atoms with van der Waals surface area (Å²) < 4.78 is 37.0. The fraction of sp³-hybridized carbons (Fsp3) is 0.385. The Balaban J connectivity index is -0.0000000206. The van der Waals surface area contributed by atoms with Crippen molar-refractivity contribution in [3.8, 4) is 0 Å². The molecule has 7 nitrogen and oxygen atoms in total. The van der Waals surface area contributed by atoms with Crippen molar-refractivity contribution in [2.75, 3.05) is 26.4 Å². The fourth-order valence-electron chi connectivity index (χ4n) is 0.520. The molecule has 210 valence electrons. The summed E-state index contributed by atoms with van der Waals surface area (Å²) in [6.07, 6.45) is 0. The highest BCUT2D eigenvalue weighted by Gasteiger charge is 2.18. The molecule has 0 aromatic heterocycles. The maximum Gasteiger partial charge on any atom is 0.397 e. The highest BCUT2D eigenvalue weighted by molar-refractivity contribution is 7.80. The van der Waals surface area contributed by atoms with Crippen LogP contribution in [0.1, 0.15) is 34.6 Å². The van der Waals surface area contributed by atoms with Gasteiger partial charge in [0.15, 0.2) is 0 Å². The van der Waals surface area contributed by atoms with Gasteiger partial charge in [0.2, 0.25) is 0 Å². The Bertz CT molecular complexity index is 327. The van der Waals surface area contributed by atoms with E-state index < -0.39 is 16.0 Å². The van der Waals surface area contributed by atoms with Gasteiger partial charge in [-0.05, 0) is 34.6 Å². The van der Waals surface area contributed by atoms with Crippen molar-refractivity contribution in [3.05, 3.63) is 105 Å². The Hall–Kier alpha value is -2.33. The first kappa shape index (κ1) is 69.7. The van der Waals surface area contributed by atoms with Crippen molar-refractivity contribution in [1.29, 1.82) is 0 Å². The van der Waals surface area contributed by atoms with E-state index in [1.807, 2.05) is 13.8 Å². The Morgan fingerprint density at radius 2 is 0.765 bits per heavy atom. The van der Waals surface area contributed by atoms with Crippen molar-refractivity contribution in [2.24, 2.45) is 0 Å². The molecule has 0 atom stereocenters. The minimum Gasteiger partial charge on any atom is -0.394 e. The Kier molecular flexibility index (Phi) is 225. The third-order valence-corrected chi connectivity index (χ3v) is 1.57. The van der Waals surface area contributed by atoms with E-state index in [9.17, 15) is 8.42 Å². The Labute approximate surface area is 214 Å². The third-order valence-electron chi connectivity index (χ3n) is 0.864. The average molecular weight is 515 g/mol. The molecule has 0 saturated carbocycles. The van der Waals surface area contributed by atoms with Gasteiger partial charge >= 0.3 is 10.4 Å². The van der Waals surface area contributed by atoms with E-state index in [0.29, 0.717) is 0 Å². The molecule has 0 aromatic rings. The molecule has 0 aliphatic rings. The van der Waals surface area contributed by atoms with Gasteiger partial charge in [0.05, 0.1) is 18.8 Å². The van der Waals surface area contributed by atoms with Crippen LogP contribution in [0.4, 0.5) is 0 Å². The van der Waals surface area contributed by atoms with Gasteiger partial charge in [0, 0.05) is 13.2 Å². The van der Waals surface area contributed by atoms with E-state index in [1.54, 1.807) is 0 Å². The molecule has 0 aliphatic carbocycles. The van der Waals surface area contributed by atoms with Crippen LogP contribution in [0, 0.1) is 0 Å². The van der Waals surface area contributed by atoms with Crippen molar-refractivity contribution < 1.29 is 32.1 Å². The van der Waals surface area contributed by atoms with Crippen LogP contribution in [-0.2, 0) is 19.3 Å². The van der Waals surface area contributed by atoms with Crippen LogP contribution in [0.5, 0.6) is 0 Å². The van der Waals surface area contributed by atoms with Gasteiger partial charge in [-0.3, -0.25) is 4.55 Å². The average Bonchev–Trinajstić information content (AvgIpc) is 2.88. The number of rotatable bonds is 4. The minimum atomic E-state index is -4.28. The quantitative estimate of drug-likeness (QED) is 0.272. The molecule has 0 fully saturated rings. The summed E-state index contributed by atoms with van der Waals surface area (Å²) >= 11 is 0. The zero-order valence-corrected chi connectivity index (χ0v) is 23.8. The molecule has 0 bridgehead atoms. The normalized spacial score (nSPS) is 6.71. The molecular formula is C26H58O7S. The predicted molar refractivity (Wildman–Crippen MR) is 159 cm³/mol. The lowest BCUT2D eigenvalue weighted by Crippen LogP contribution is -2.23. The summed E-state index contributed by atoms with van der Waals surface area (Å²) in [6, 6.07) is 0. The van der Waals surface area contributed by atoms with E-state index in [2.05, 4.69) is 109 Å². The summed E-state index contributed by atoms with van der Waals surface area (Å²) in [7, 11) is -4.28. The van der Waals surface area contributed by atoms with E-state index >= 15 is 0 Å². The third kappa shape index (κ3) is 548. The zero-order chi connectivity index (χ0) is 31.2. The maximum atomic E-state index is 9.98. The Morgan fingerprint density at radius 3 is 0.765 bits per heavy atom. The first-order chi connectivity index (χ1) is 16.0. The first-order valence-corrected chi connectivity index (χ1v) is 10.9. The molecule has 3 N–H and O–H groups in total. The molecule has 0 aromatic carbocycles. The van der Waals surface area contributed by atoms with Gasteiger partial charge in [0.1, 0.15) is 0 Å². The topological polar surface area (TPSA) is 113 Å². The Morgan fingerprint density at radius 1 is 0.588 bits per heavy atom. The van der Waals surface area contributed by atoms with Crippen LogP contribution in [0.3, 0.4) is 0 Å². The van der Waals surface area contributed by atoms with Crippen LogP contribution in [0.15, 0.2) is 105 Å². The van der Waals surface area contributed by atoms with E-state index in [4.69, 9.17) is 19.5 Å². The van der Waals surface area contributed by atoms with E-state index in [0.717, 1.165) is 13.2 Å². The highest BCUT2D eigenvalue weighted by Crippen LogP contribution is 2.09. The largest absolute Gasteiger partial charge is 0.397 e. The maximum absolute atomic E-state index is 9.98. The molecule has 0 unspecified atom stereocenters. The van der Waals surface area contributed by atoms with Crippen LogP contribution in [-0.4, -0.2) is 55.2 Å². The lowest BCUT2D eigenvalue weighted by atomic mass is 10.2. The molecule has 34 heavy (non-hydrogen) atoms. The molecule has 0 spiro atoms. The molecule has 0 heterocycles. The summed E-state index contributed by atoms with van der Waals surface area (Å²) in [5.41, 5.74) is -0.854. The second-order valence-electron chi connectivity index (χ2n) is 3.85. The highest BCUT2D eigenvalue weighted by atomic mass is 32.3. The molecular weight excluding hydrogens is 456 g/mol. The molecule has 0 amide bonds. The number of ether oxygens (including phenoxy) is 1. The fourth-order valence-corrected chi connectivity index (χ4v) is 1.15. The van der Waals surface area contributed by atoms with Gasteiger partial charge in [0.25, 0.3) is 0 Å². The van der Waals surface area contributed by atoms with Gasteiger partial charge < -0.3 is 14.9 Å². The lowest BCUT2D eigenvalue weighted by molar-refractivity contribution is 0.119. The molecule has 0 aliphatic heterocycles. The van der Waals surface area contributed by atoms with Gasteiger partial charge in [-0.25, -0.2) is 4.18 Å². The van der Waals surface area contributed by atoms with Crippen molar-refractivity contribution in [2.45, 2.75) is 40.2 Å². The van der Waals surface area contributed by atoms with Gasteiger partial charge in [-0.2, -0.15) is 8.42 Å². The lowest BCUT2D eigenvalue weighted by Gasteiger charge is -2.14. The molecule has 8 heteroatoms. The summed E-state index contributed by atoms with van der Waals surface area (Å²) in [5, 5.41) is 15.2. The second kappa shape index (κ2) is 110. The van der Waals surface area contributed by atoms with Crippen LogP contribution in [0.25, 0.3) is 0 Å². The van der Waals surface area contributed by atoms with Crippen LogP contribution in [0.2, 0.25) is 0 Å². The number of hydrogen-bond donors (Lipinski definition) is 3. The summed E-state index contributed by atoms with van der Waals surface area (Å²) in [5.74, 6) is 0. The monoisotopic (exact) mass is 514 g/mol. The molecule has 0 saturated heterocycles. The second-order valence-corrected chi connectivity index (χ2v) is 4.87. The summed E-state index contributed by atoms with van der Waals surface area (Å²) in [6.45, 7) is 58.0. The smallest absolute Gasteiger partial charge is 0.394 e. The number of aliphatic hydroxyl groups excluding tert-OH is 2. The number of hydrogen-bond acceptors (Lipinski definition) is 6. The summed E-state index contributed by atoms with van der Waals surface area (Å²) in [4.78, 5) is 0.